The Balaban J connectivity index is 1.24. The SMILES string of the molecule is O=C(Oc1cccc2cccnc12)c1ccc(N2C(=O)[C@@H]3[C@H]4CC[C@@H](C4)[C@H]3C2=O)cc1. The first kappa shape index (κ1) is 18.2. The number of anilines is 1. The Kier molecular flexibility index (Phi) is 3.96. The lowest BCUT2D eigenvalue weighted by atomic mass is 9.81. The minimum Gasteiger partial charge on any atom is -0.421 e. The molecule has 1 aliphatic heterocycles. The Labute approximate surface area is 178 Å². The normalized spacial score (nSPS) is 26.5. The number of para-hydroxylation sites is 1. The minimum atomic E-state index is -0.515. The molecule has 3 aliphatic rings. The number of amides is 2. The van der Waals surface area contributed by atoms with Gasteiger partial charge in [0, 0.05) is 11.6 Å². The zero-order chi connectivity index (χ0) is 21.1. The molecule has 0 spiro atoms. The topological polar surface area (TPSA) is 76.6 Å². The van der Waals surface area contributed by atoms with Crippen LogP contribution in [0.5, 0.6) is 5.75 Å². The molecule has 6 heteroatoms. The molecule has 6 nitrogen and oxygen atoms in total. The van der Waals surface area contributed by atoms with E-state index in [4.69, 9.17) is 4.74 Å². The van der Waals surface area contributed by atoms with E-state index >= 15 is 0 Å². The number of fused-ring (bicyclic) bond motifs is 6. The summed E-state index contributed by atoms with van der Waals surface area (Å²) in [6.07, 6.45) is 4.76. The Morgan fingerprint density at radius 3 is 2.29 bits per heavy atom. The van der Waals surface area contributed by atoms with Gasteiger partial charge in [0.05, 0.1) is 23.1 Å². The number of esters is 1. The Morgan fingerprint density at radius 2 is 1.58 bits per heavy atom. The van der Waals surface area contributed by atoms with Gasteiger partial charge in [-0.3, -0.25) is 19.5 Å². The average molecular weight is 412 g/mol. The van der Waals surface area contributed by atoms with Gasteiger partial charge in [0.25, 0.3) is 0 Å². The van der Waals surface area contributed by atoms with E-state index in [1.165, 1.54) is 4.90 Å². The number of carbonyl (C=O) groups is 3. The summed E-state index contributed by atoms with van der Waals surface area (Å²) in [5, 5.41) is 0.883. The standard InChI is InChI=1S/C25H20N2O4/c28-23-20-16-6-7-17(13-16)21(20)24(29)27(23)18-10-8-15(9-11-18)25(30)31-19-5-1-3-14-4-2-12-26-22(14)19/h1-5,8-12,16-17,20-21H,6-7,13H2/t16-,17-,20+,21+/m0/s1. The highest BCUT2D eigenvalue weighted by atomic mass is 16.5. The summed E-state index contributed by atoms with van der Waals surface area (Å²) in [6, 6.07) is 15.6. The van der Waals surface area contributed by atoms with E-state index in [9.17, 15) is 14.4 Å². The highest BCUT2D eigenvalue weighted by molar-refractivity contribution is 6.22. The number of pyridine rings is 1. The highest BCUT2D eigenvalue weighted by Crippen LogP contribution is 2.56. The van der Waals surface area contributed by atoms with Gasteiger partial charge in [0.1, 0.15) is 5.52 Å². The van der Waals surface area contributed by atoms with Gasteiger partial charge in [0.2, 0.25) is 11.8 Å². The third kappa shape index (κ3) is 2.71. The van der Waals surface area contributed by atoms with Gasteiger partial charge in [0.15, 0.2) is 5.75 Å². The van der Waals surface area contributed by atoms with Crippen molar-refractivity contribution in [2.45, 2.75) is 19.3 Å². The van der Waals surface area contributed by atoms with Crippen molar-refractivity contribution in [1.82, 2.24) is 4.98 Å². The number of rotatable bonds is 3. The fraction of sp³-hybridized carbons (Fsp3) is 0.280. The Morgan fingerprint density at radius 1 is 0.903 bits per heavy atom. The fourth-order valence-corrected chi connectivity index (χ4v) is 5.73. The predicted molar refractivity (Wildman–Crippen MR) is 113 cm³/mol. The summed E-state index contributed by atoms with van der Waals surface area (Å²) < 4.78 is 5.57. The quantitative estimate of drug-likeness (QED) is 0.369. The predicted octanol–water partition coefficient (Wildman–Crippen LogP) is 3.99. The maximum atomic E-state index is 13.0. The van der Waals surface area contributed by atoms with Gasteiger partial charge in [-0.1, -0.05) is 18.2 Å². The third-order valence-corrected chi connectivity index (χ3v) is 7.09. The molecule has 2 amide bonds. The van der Waals surface area contributed by atoms with Crippen molar-refractivity contribution >= 4 is 34.4 Å². The molecule has 4 atom stereocenters. The summed E-state index contributed by atoms with van der Waals surface area (Å²) >= 11 is 0. The number of carbonyl (C=O) groups excluding carboxylic acids is 3. The van der Waals surface area contributed by atoms with Crippen molar-refractivity contribution in [3.05, 3.63) is 66.4 Å². The van der Waals surface area contributed by atoms with Crippen LogP contribution >= 0.6 is 0 Å². The van der Waals surface area contributed by atoms with Crippen LogP contribution in [0.2, 0.25) is 0 Å². The molecule has 2 bridgehead atoms. The summed E-state index contributed by atoms with van der Waals surface area (Å²) in [4.78, 5) is 44.3. The molecule has 31 heavy (non-hydrogen) atoms. The van der Waals surface area contributed by atoms with E-state index in [2.05, 4.69) is 4.98 Å². The van der Waals surface area contributed by atoms with E-state index in [0.29, 0.717) is 34.4 Å². The highest BCUT2D eigenvalue weighted by Gasteiger charge is 2.61. The second kappa shape index (κ2) is 6.74. The number of hydrogen-bond donors (Lipinski definition) is 0. The fourth-order valence-electron chi connectivity index (χ4n) is 5.73. The van der Waals surface area contributed by atoms with Crippen LogP contribution in [0.25, 0.3) is 10.9 Å². The van der Waals surface area contributed by atoms with Gasteiger partial charge in [-0.2, -0.15) is 0 Å². The van der Waals surface area contributed by atoms with Crippen molar-refractivity contribution in [2.75, 3.05) is 4.90 Å². The maximum Gasteiger partial charge on any atom is 0.343 e. The zero-order valence-corrected chi connectivity index (χ0v) is 16.7. The Hall–Kier alpha value is -3.54. The minimum absolute atomic E-state index is 0.0839. The van der Waals surface area contributed by atoms with Gasteiger partial charge in [-0.25, -0.2) is 4.79 Å². The number of nitrogens with zero attached hydrogens (tertiary/aromatic N) is 2. The lowest BCUT2D eigenvalue weighted by molar-refractivity contribution is -0.123. The second-order valence-electron chi connectivity index (χ2n) is 8.66. The van der Waals surface area contributed by atoms with Crippen molar-refractivity contribution in [2.24, 2.45) is 23.7 Å². The van der Waals surface area contributed by atoms with Crippen molar-refractivity contribution < 1.29 is 19.1 Å². The summed E-state index contributed by atoms with van der Waals surface area (Å²) in [7, 11) is 0. The van der Waals surface area contributed by atoms with Gasteiger partial charge >= 0.3 is 5.97 Å². The van der Waals surface area contributed by atoms with Crippen LogP contribution in [-0.4, -0.2) is 22.8 Å². The van der Waals surface area contributed by atoms with E-state index in [-0.39, 0.29) is 23.7 Å². The van der Waals surface area contributed by atoms with Gasteiger partial charge in [-0.05, 0) is 67.5 Å². The van der Waals surface area contributed by atoms with E-state index < -0.39 is 5.97 Å². The lowest BCUT2D eigenvalue weighted by Crippen LogP contribution is -2.32. The summed E-state index contributed by atoms with van der Waals surface area (Å²) in [5.74, 6) is 0.0855. The number of hydrogen-bond acceptors (Lipinski definition) is 5. The van der Waals surface area contributed by atoms with Crippen LogP contribution in [0, 0.1) is 23.7 Å². The molecule has 6 rings (SSSR count). The molecule has 154 valence electrons. The molecular formula is C25H20N2O4. The number of ether oxygens (including phenoxy) is 1. The first-order valence-electron chi connectivity index (χ1n) is 10.7. The molecule has 1 aromatic heterocycles. The van der Waals surface area contributed by atoms with Crippen LogP contribution in [0.1, 0.15) is 29.6 Å². The van der Waals surface area contributed by atoms with E-state index in [1.807, 2.05) is 24.3 Å². The number of aromatic nitrogens is 1. The van der Waals surface area contributed by atoms with Crippen LogP contribution in [0.4, 0.5) is 5.69 Å². The largest absolute Gasteiger partial charge is 0.421 e. The van der Waals surface area contributed by atoms with E-state index in [0.717, 1.165) is 24.6 Å². The molecule has 0 unspecified atom stereocenters. The first-order chi connectivity index (χ1) is 15.1. The molecule has 2 heterocycles. The maximum absolute atomic E-state index is 13.0. The monoisotopic (exact) mass is 412 g/mol. The molecule has 0 radical (unpaired) electrons. The molecule has 2 saturated carbocycles. The molecule has 3 aromatic rings. The van der Waals surface area contributed by atoms with Gasteiger partial charge in [-0.15, -0.1) is 0 Å². The van der Waals surface area contributed by atoms with Crippen molar-refractivity contribution in [1.29, 1.82) is 0 Å². The van der Waals surface area contributed by atoms with Gasteiger partial charge < -0.3 is 4.74 Å². The lowest BCUT2D eigenvalue weighted by Gasteiger charge is -2.19. The molecule has 0 N–H and O–H groups in total. The van der Waals surface area contributed by atoms with Crippen molar-refractivity contribution in [3.8, 4) is 5.75 Å². The number of imide groups is 1. The van der Waals surface area contributed by atoms with E-state index in [1.54, 1.807) is 36.5 Å². The van der Waals surface area contributed by atoms with Crippen molar-refractivity contribution in [3.63, 3.8) is 0 Å². The second-order valence-corrected chi connectivity index (χ2v) is 8.66. The molecule has 1 saturated heterocycles. The molecule has 2 aromatic carbocycles. The number of benzene rings is 2. The summed E-state index contributed by atoms with van der Waals surface area (Å²) in [5.41, 5.74) is 1.48. The molecular weight excluding hydrogens is 392 g/mol. The summed E-state index contributed by atoms with van der Waals surface area (Å²) in [6.45, 7) is 0. The van der Waals surface area contributed by atoms with Crippen LogP contribution in [-0.2, 0) is 9.59 Å². The average Bonchev–Trinajstić information content (AvgIpc) is 3.48. The zero-order valence-electron chi connectivity index (χ0n) is 16.7. The van der Waals surface area contributed by atoms with Crippen LogP contribution in [0.3, 0.4) is 0 Å². The Bertz CT molecular complexity index is 1200. The first-order valence-corrected chi connectivity index (χ1v) is 10.7. The molecule has 2 aliphatic carbocycles. The van der Waals surface area contributed by atoms with Crippen LogP contribution < -0.4 is 9.64 Å². The third-order valence-electron chi connectivity index (χ3n) is 7.09. The molecule has 3 fully saturated rings. The van der Waals surface area contributed by atoms with Crippen LogP contribution in [0.15, 0.2) is 60.8 Å². The smallest absolute Gasteiger partial charge is 0.343 e.